The predicted octanol–water partition coefficient (Wildman–Crippen LogP) is 2.62. The highest BCUT2D eigenvalue weighted by atomic mass is 19.1. The Hall–Kier alpha value is -0.110. The molecule has 2 heteroatoms. The highest BCUT2D eigenvalue weighted by molar-refractivity contribution is 4.28. The normalized spacial score (nSPS) is 6.60. The Bertz CT molecular complexity index is 23.2. The van der Waals surface area contributed by atoms with E-state index in [4.69, 9.17) is 0 Å². The molecule has 1 N–H and O–H groups in total. The first-order chi connectivity index (χ1) is 4.83. The molecule has 0 bridgehead atoms. The summed E-state index contributed by atoms with van der Waals surface area (Å²) in [6, 6.07) is 0. The SMILES string of the molecule is CC.CCC.CNCCF. The van der Waals surface area contributed by atoms with Crippen LogP contribution in [-0.2, 0) is 0 Å². The fourth-order valence-electron chi connectivity index (χ4n) is 0.0945. The van der Waals surface area contributed by atoms with Crippen molar-refractivity contribution in [3.63, 3.8) is 0 Å². The summed E-state index contributed by atoms with van der Waals surface area (Å²) in [6.07, 6.45) is 1.25. The lowest BCUT2D eigenvalue weighted by Gasteiger charge is -1.82. The summed E-state index contributed by atoms with van der Waals surface area (Å²) in [5.41, 5.74) is 0. The zero-order valence-corrected chi connectivity index (χ0v) is 8.00. The Balaban J connectivity index is -0.0000000847. The van der Waals surface area contributed by atoms with Gasteiger partial charge in [-0.15, -0.1) is 0 Å². The Morgan fingerprint density at radius 2 is 1.50 bits per heavy atom. The minimum absolute atomic E-state index is 0.267. The molecule has 0 spiro atoms. The summed E-state index contributed by atoms with van der Waals surface area (Å²) >= 11 is 0. The molecule has 0 aromatic rings. The van der Waals surface area contributed by atoms with Gasteiger partial charge in [-0.3, -0.25) is 0 Å². The molecule has 0 aliphatic heterocycles. The number of halogens is 1. The van der Waals surface area contributed by atoms with Crippen molar-refractivity contribution >= 4 is 0 Å². The van der Waals surface area contributed by atoms with Crippen LogP contribution in [0.2, 0.25) is 0 Å². The van der Waals surface area contributed by atoms with Crippen LogP contribution >= 0.6 is 0 Å². The van der Waals surface area contributed by atoms with Gasteiger partial charge in [0.15, 0.2) is 0 Å². The molecule has 0 saturated heterocycles. The van der Waals surface area contributed by atoms with Crippen molar-refractivity contribution in [2.75, 3.05) is 20.3 Å². The molecule has 0 aromatic carbocycles. The van der Waals surface area contributed by atoms with E-state index in [2.05, 4.69) is 19.2 Å². The molecular formula is C8H22FN. The molecule has 0 amide bonds. The van der Waals surface area contributed by atoms with Crippen LogP contribution in [0.15, 0.2) is 0 Å². The molecule has 1 nitrogen and oxygen atoms in total. The molecule has 0 saturated carbocycles. The first-order valence-corrected chi connectivity index (χ1v) is 4.04. The molecule has 0 radical (unpaired) electrons. The van der Waals surface area contributed by atoms with Crippen molar-refractivity contribution in [3.05, 3.63) is 0 Å². The van der Waals surface area contributed by atoms with Gasteiger partial charge in [0, 0.05) is 6.54 Å². The van der Waals surface area contributed by atoms with Crippen LogP contribution in [0.25, 0.3) is 0 Å². The Morgan fingerprint density at radius 3 is 1.50 bits per heavy atom. The second kappa shape index (κ2) is 36.6. The van der Waals surface area contributed by atoms with Gasteiger partial charge < -0.3 is 5.32 Å². The summed E-state index contributed by atoms with van der Waals surface area (Å²) < 4.78 is 10.9. The quantitative estimate of drug-likeness (QED) is 0.639. The number of hydrogen-bond donors (Lipinski definition) is 1. The van der Waals surface area contributed by atoms with Crippen LogP contribution in [0.4, 0.5) is 4.39 Å². The van der Waals surface area contributed by atoms with Crippen LogP contribution in [-0.4, -0.2) is 20.3 Å². The Labute approximate surface area is 65.0 Å². The molecule has 10 heavy (non-hydrogen) atoms. The lowest BCUT2D eigenvalue weighted by molar-refractivity contribution is 0.481. The van der Waals surface area contributed by atoms with Gasteiger partial charge >= 0.3 is 0 Å². The van der Waals surface area contributed by atoms with E-state index in [0.717, 1.165) is 0 Å². The second-order valence-corrected chi connectivity index (χ2v) is 1.50. The van der Waals surface area contributed by atoms with Crippen molar-refractivity contribution in [2.45, 2.75) is 34.1 Å². The van der Waals surface area contributed by atoms with E-state index in [9.17, 15) is 4.39 Å². The van der Waals surface area contributed by atoms with Crippen LogP contribution in [0, 0.1) is 0 Å². The maximum atomic E-state index is 10.9. The summed E-state index contributed by atoms with van der Waals surface area (Å²) in [5.74, 6) is 0. The predicted molar refractivity (Wildman–Crippen MR) is 47.2 cm³/mol. The average molecular weight is 151 g/mol. The zero-order chi connectivity index (χ0) is 8.83. The molecule has 0 aliphatic carbocycles. The van der Waals surface area contributed by atoms with Gasteiger partial charge in [0.25, 0.3) is 0 Å². The Kier molecular flexibility index (Phi) is 60.2. The van der Waals surface area contributed by atoms with E-state index in [1.165, 1.54) is 6.42 Å². The number of alkyl halides is 1. The van der Waals surface area contributed by atoms with E-state index >= 15 is 0 Å². The topological polar surface area (TPSA) is 12.0 Å². The highest BCUT2D eigenvalue weighted by Crippen LogP contribution is 1.56. The zero-order valence-electron chi connectivity index (χ0n) is 8.00. The van der Waals surface area contributed by atoms with Gasteiger partial charge in [0.05, 0.1) is 0 Å². The Morgan fingerprint density at radius 1 is 1.20 bits per heavy atom. The van der Waals surface area contributed by atoms with Gasteiger partial charge in [-0.05, 0) is 7.05 Å². The van der Waals surface area contributed by atoms with E-state index in [1.807, 2.05) is 13.8 Å². The average Bonchev–Trinajstić information content (AvgIpc) is 1.96. The third-order valence-electron chi connectivity index (χ3n) is 0.344. The van der Waals surface area contributed by atoms with Crippen molar-refractivity contribution < 1.29 is 4.39 Å². The maximum Gasteiger partial charge on any atom is 0.102 e. The van der Waals surface area contributed by atoms with Crippen molar-refractivity contribution in [3.8, 4) is 0 Å². The maximum absolute atomic E-state index is 10.9. The molecule has 0 atom stereocenters. The molecule has 0 aliphatic rings. The fraction of sp³-hybridized carbons (Fsp3) is 1.00. The standard InChI is InChI=1S/C3H8FN.C3H8.C2H6/c1-5-3-2-4;1-3-2;1-2/h5H,2-3H2,1H3;3H2,1-2H3;1-2H3. The monoisotopic (exact) mass is 151 g/mol. The summed E-state index contributed by atoms with van der Waals surface area (Å²) in [4.78, 5) is 0. The number of hydrogen-bond acceptors (Lipinski definition) is 1. The van der Waals surface area contributed by atoms with Crippen LogP contribution in [0.1, 0.15) is 34.1 Å². The van der Waals surface area contributed by atoms with Crippen LogP contribution < -0.4 is 5.32 Å². The summed E-state index contributed by atoms with van der Waals surface area (Å²) in [5, 5.41) is 2.64. The molecule has 0 fully saturated rings. The van der Waals surface area contributed by atoms with Gasteiger partial charge in [0.1, 0.15) is 6.67 Å². The molecular weight excluding hydrogens is 129 g/mol. The van der Waals surface area contributed by atoms with Gasteiger partial charge in [-0.1, -0.05) is 34.1 Å². The van der Waals surface area contributed by atoms with E-state index < -0.39 is 0 Å². The first kappa shape index (κ1) is 16.5. The minimum Gasteiger partial charge on any atom is -0.317 e. The van der Waals surface area contributed by atoms with Gasteiger partial charge in [-0.2, -0.15) is 0 Å². The fourth-order valence-corrected chi connectivity index (χ4v) is 0.0945. The van der Waals surface area contributed by atoms with E-state index in [0.29, 0.717) is 6.54 Å². The molecule has 0 heterocycles. The largest absolute Gasteiger partial charge is 0.317 e. The van der Waals surface area contributed by atoms with E-state index in [-0.39, 0.29) is 6.67 Å². The van der Waals surface area contributed by atoms with Crippen molar-refractivity contribution in [2.24, 2.45) is 0 Å². The third kappa shape index (κ3) is 105. The summed E-state index contributed by atoms with van der Waals surface area (Å²) in [6.45, 7) is 8.45. The molecule has 0 unspecified atom stereocenters. The van der Waals surface area contributed by atoms with E-state index in [1.54, 1.807) is 7.05 Å². The summed E-state index contributed by atoms with van der Waals surface area (Å²) in [7, 11) is 1.72. The lowest BCUT2D eigenvalue weighted by atomic mass is 10.6. The first-order valence-electron chi connectivity index (χ1n) is 4.04. The lowest BCUT2D eigenvalue weighted by Crippen LogP contribution is -2.08. The molecule has 0 rings (SSSR count). The third-order valence-corrected chi connectivity index (χ3v) is 0.344. The second-order valence-electron chi connectivity index (χ2n) is 1.50. The molecule has 0 aromatic heterocycles. The van der Waals surface area contributed by atoms with Gasteiger partial charge in [-0.25, -0.2) is 4.39 Å². The number of rotatable bonds is 2. The van der Waals surface area contributed by atoms with Crippen LogP contribution in [0.3, 0.4) is 0 Å². The molecule has 66 valence electrons. The number of nitrogens with one attached hydrogen (secondary N) is 1. The minimum atomic E-state index is -0.267. The van der Waals surface area contributed by atoms with Crippen LogP contribution in [0.5, 0.6) is 0 Å². The van der Waals surface area contributed by atoms with Crippen molar-refractivity contribution in [1.82, 2.24) is 5.32 Å². The smallest absolute Gasteiger partial charge is 0.102 e. The van der Waals surface area contributed by atoms with Gasteiger partial charge in [0.2, 0.25) is 0 Å². The van der Waals surface area contributed by atoms with Crippen molar-refractivity contribution in [1.29, 1.82) is 0 Å². The highest BCUT2D eigenvalue weighted by Gasteiger charge is 1.68.